The van der Waals surface area contributed by atoms with Crippen molar-refractivity contribution in [3.8, 4) is 0 Å². The summed E-state index contributed by atoms with van der Waals surface area (Å²) in [5.41, 5.74) is 0. The van der Waals surface area contributed by atoms with Crippen LogP contribution in [-0.2, 0) is 0 Å². The molecule has 16 N–H and O–H groups in total. The van der Waals surface area contributed by atoms with Crippen LogP contribution in [0.5, 0.6) is 0 Å². The van der Waals surface area contributed by atoms with Crippen molar-refractivity contribution in [1.29, 1.82) is 0 Å². The van der Waals surface area contributed by atoms with E-state index in [-0.39, 0.29) is 113 Å². The summed E-state index contributed by atoms with van der Waals surface area (Å²) in [6.07, 6.45) is 0. The van der Waals surface area contributed by atoms with Crippen molar-refractivity contribution in [3.05, 3.63) is 0 Å². The van der Waals surface area contributed by atoms with E-state index in [2.05, 4.69) is 0 Å². The van der Waals surface area contributed by atoms with Gasteiger partial charge in [0.05, 0.1) is 0 Å². The Morgan fingerprint density at radius 3 is 0.146 bits per heavy atom. The van der Waals surface area contributed by atoms with E-state index in [4.69, 9.17) is 112 Å². The Hall–Kier alpha value is 2.76. The molecule has 0 bridgehead atoms. The molecule has 0 aliphatic carbocycles. The van der Waals surface area contributed by atoms with E-state index in [1.165, 1.54) is 0 Å². The van der Waals surface area contributed by atoms with Gasteiger partial charge in [0.1, 0.15) is 0 Å². The van der Waals surface area contributed by atoms with E-state index in [1.54, 1.807) is 0 Å². The Balaban J connectivity index is -0.0000000107. The zero-order valence-corrected chi connectivity index (χ0v) is 27.0. The minimum atomic E-state index is -4.94. The first-order valence-electron chi connectivity index (χ1n) is 3.70. The molecule has 0 aromatic carbocycles. The second kappa shape index (κ2) is 49.6. The van der Waals surface area contributed by atoms with Gasteiger partial charge in [-0.05, 0) is 0 Å². The smallest absolute Gasteiger partial charge is 0.412 e. The summed E-state index contributed by atoms with van der Waals surface area (Å²) < 4.78 is 204. The second-order valence-corrected chi connectivity index (χ2v) is 6.80. The molecule has 0 spiro atoms. The molecule has 0 aliphatic rings. The summed E-state index contributed by atoms with van der Waals surface area (Å²) in [7, 11) is -29.7. The van der Waals surface area contributed by atoms with Gasteiger partial charge in [0.25, 0.3) is 0 Å². The number of rotatable bonds is 0. The minimum absolute atomic E-state index is 0. The maximum Gasteiger partial charge on any atom is 2.00 e. The molecule has 0 unspecified atom stereocenters. The molecular formula is H16Cl6Mg3O32. The largest absolute Gasteiger partial charge is 2.00 e. The van der Waals surface area contributed by atoms with Gasteiger partial charge in [-0.1, -0.05) is 0 Å². The van der Waals surface area contributed by atoms with Gasteiger partial charge in [0.2, 0.25) is 0 Å². The van der Waals surface area contributed by atoms with E-state index >= 15 is 0 Å². The van der Waals surface area contributed by atoms with Crippen molar-refractivity contribution in [3.63, 3.8) is 0 Å². The fraction of sp³-hybridized carbons (Fsp3) is 0. The predicted octanol–water partition coefficient (Wildman–Crippen LogP) is -36.3. The van der Waals surface area contributed by atoms with Gasteiger partial charge in [-0.2, -0.15) is 0 Å². The molecule has 0 radical (unpaired) electrons. The molecule has 0 rings (SSSR count). The van der Waals surface area contributed by atoms with E-state index in [9.17, 15) is 0 Å². The average Bonchev–Trinajstić information content (AvgIpc) is 1.94. The van der Waals surface area contributed by atoms with Crippen molar-refractivity contribution < 1.29 is 217 Å². The normalized spacial score (nSPS) is 8.78. The van der Waals surface area contributed by atoms with Crippen molar-refractivity contribution in [2.24, 2.45) is 0 Å². The Kier molecular flexibility index (Phi) is 135. The summed E-state index contributed by atoms with van der Waals surface area (Å²) in [6, 6.07) is 0. The van der Waals surface area contributed by atoms with Crippen molar-refractivity contribution in [2.45, 2.75) is 0 Å². The van der Waals surface area contributed by atoms with Crippen LogP contribution >= 0.6 is 0 Å². The molecule has 0 saturated carbocycles. The molecule has 0 aromatic rings. The maximum absolute atomic E-state index is 8.49. The van der Waals surface area contributed by atoms with E-state index < -0.39 is 61.5 Å². The van der Waals surface area contributed by atoms with Gasteiger partial charge in [-0.25, -0.2) is 112 Å². The van der Waals surface area contributed by atoms with E-state index in [1.807, 2.05) is 0 Å². The van der Waals surface area contributed by atoms with Crippen LogP contribution in [-0.4, -0.2) is 113 Å². The molecule has 0 saturated heterocycles. The molecule has 32 nitrogen and oxygen atoms in total. The Bertz CT molecular complexity index is 226. The van der Waals surface area contributed by atoms with Crippen LogP contribution in [0, 0.1) is 61.5 Å². The van der Waals surface area contributed by atoms with Gasteiger partial charge in [0, 0.05) is 0 Å². The van der Waals surface area contributed by atoms with Crippen LogP contribution in [0.2, 0.25) is 0 Å². The molecule has 0 heterocycles. The van der Waals surface area contributed by atoms with Crippen molar-refractivity contribution >= 4 is 69.2 Å². The Morgan fingerprint density at radius 1 is 0.146 bits per heavy atom. The third-order valence-corrected chi connectivity index (χ3v) is 0. The van der Waals surface area contributed by atoms with Gasteiger partial charge < -0.3 is 43.8 Å². The van der Waals surface area contributed by atoms with Crippen LogP contribution < -0.4 is 112 Å². The van der Waals surface area contributed by atoms with Gasteiger partial charge in [-0.15, -0.1) is 61.5 Å². The summed E-state index contributed by atoms with van der Waals surface area (Å²) in [4.78, 5) is 0. The van der Waals surface area contributed by atoms with Crippen LogP contribution in [0.25, 0.3) is 0 Å². The molecule has 41 heteroatoms. The number of hydrogen-bond acceptors (Lipinski definition) is 24. The van der Waals surface area contributed by atoms with Crippen LogP contribution in [0.3, 0.4) is 0 Å². The first-order valence-corrected chi connectivity index (χ1v) is 11.1. The fourth-order valence-corrected chi connectivity index (χ4v) is 0. The standard InChI is InChI=1S/6ClHO4.3Mg.8H2O/c6*2-1(3,4)5;;;;;;;;;;;/h6*(H,2,3,4,5);;;;8*1H2/q;;;;;;3*+2;;;;;;;;/p-6. The average molecular weight is 814 g/mol. The van der Waals surface area contributed by atoms with Crippen LogP contribution in [0.15, 0.2) is 0 Å². The topological polar surface area (TPSA) is 805 Å². The molecule has 0 aliphatic heterocycles. The summed E-state index contributed by atoms with van der Waals surface area (Å²) in [5, 5.41) is 0. The Labute approximate surface area is 284 Å². The third kappa shape index (κ3) is 9330. The zero-order chi connectivity index (χ0) is 27.0. The Morgan fingerprint density at radius 2 is 0.146 bits per heavy atom. The number of halogens is 6. The first kappa shape index (κ1) is 112. The molecule has 0 atom stereocenters. The molecule has 41 heavy (non-hydrogen) atoms. The summed E-state index contributed by atoms with van der Waals surface area (Å²) >= 11 is 0. The van der Waals surface area contributed by atoms with Crippen LogP contribution in [0.1, 0.15) is 0 Å². The molecular weight excluding hydrogens is 798 g/mol. The molecule has 0 aromatic heterocycles. The first-order chi connectivity index (χ1) is 12.0. The minimum Gasteiger partial charge on any atom is -0.412 e. The monoisotopic (exact) mass is 810 g/mol. The van der Waals surface area contributed by atoms with E-state index in [0.717, 1.165) is 0 Å². The SMILES string of the molecule is O.O.O.O.O.O.O.O.[Mg+2].[Mg+2].[Mg+2].[O-][Cl+3]([O-])([O-])[O-].[O-][Cl+3]([O-])([O-])[O-].[O-][Cl+3]([O-])([O-])[O-].[O-][Cl+3]([O-])([O-])[O-].[O-][Cl+3]([O-])([O-])[O-].[O-][Cl+3]([O-])([O-])[O-]. The second-order valence-electron chi connectivity index (χ2n) is 2.27. The van der Waals surface area contributed by atoms with Gasteiger partial charge in [-0.3, -0.25) is 0 Å². The zero-order valence-electron chi connectivity index (χ0n) is 18.2. The predicted molar refractivity (Wildman–Crippen MR) is 46.2 cm³/mol. The molecule has 0 amide bonds. The van der Waals surface area contributed by atoms with Crippen LogP contribution in [0.4, 0.5) is 0 Å². The third-order valence-electron chi connectivity index (χ3n) is 0. The summed E-state index contributed by atoms with van der Waals surface area (Å²) in [6.45, 7) is 0. The quantitative estimate of drug-likeness (QED) is 0.205. The van der Waals surface area contributed by atoms with E-state index in [0.29, 0.717) is 0 Å². The maximum atomic E-state index is 8.49. The van der Waals surface area contributed by atoms with Crippen molar-refractivity contribution in [2.75, 3.05) is 0 Å². The van der Waals surface area contributed by atoms with Crippen molar-refractivity contribution in [1.82, 2.24) is 0 Å². The molecule has 256 valence electrons. The van der Waals surface area contributed by atoms with Gasteiger partial charge in [0.15, 0.2) is 0 Å². The molecule has 0 fully saturated rings. The number of hydrogen-bond donors (Lipinski definition) is 0. The fourth-order valence-electron chi connectivity index (χ4n) is 0. The summed E-state index contributed by atoms with van der Waals surface area (Å²) in [5.74, 6) is 0. The van der Waals surface area contributed by atoms with Gasteiger partial charge >= 0.3 is 69.2 Å².